The fraction of sp³-hybridized carbons (Fsp3) is 0.235. The third kappa shape index (κ3) is 3.80. The third-order valence-electron chi connectivity index (χ3n) is 3.53. The molecule has 3 rings (SSSR count). The number of hydrogen-bond acceptors (Lipinski definition) is 5. The summed E-state index contributed by atoms with van der Waals surface area (Å²) in [5, 5.41) is 9.93. The van der Waals surface area contributed by atoms with Crippen molar-refractivity contribution < 1.29 is 4.79 Å². The van der Waals surface area contributed by atoms with Crippen LogP contribution in [0, 0.1) is 0 Å². The number of rotatable bonds is 6. The van der Waals surface area contributed by atoms with Crippen LogP contribution in [-0.2, 0) is 6.42 Å². The molecule has 3 aromatic rings. The molecule has 24 heavy (non-hydrogen) atoms. The van der Waals surface area contributed by atoms with Gasteiger partial charge in [0.05, 0.1) is 5.69 Å². The quantitative estimate of drug-likeness (QED) is 0.748. The molecular formula is C17H19N5OS. The van der Waals surface area contributed by atoms with Crippen LogP contribution < -0.4 is 10.2 Å². The van der Waals surface area contributed by atoms with Gasteiger partial charge in [-0.25, -0.2) is 9.67 Å². The van der Waals surface area contributed by atoms with E-state index in [2.05, 4.69) is 15.4 Å². The number of hydrogen-bond donors (Lipinski definition) is 1. The van der Waals surface area contributed by atoms with Gasteiger partial charge in [-0.05, 0) is 24.3 Å². The predicted molar refractivity (Wildman–Crippen MR) is 96.0 cm³/mol. The van der Waals surface area contributed by atoms with Crippen LogP contribution in [0.1, 0.15) is 16.1 Å². The van der Waals surface area contributed by atoms with Gasteiger partial charge in [0, 0.05) is 56.1 Å². The molecule has 0 aliphatic rings. The first-order valence-electron chi connectivity index (χ1n) is 7.63. The van der Waals surface area contributed by atoms with Crippen molar-refractivity contribution in [3.63, 3.8) is 0 Å². The first-order chi connectivity index (χ1) is 11.6. The zero-order chi connectivity index (χ0) is 16.9. The smallest absolute Gasteiger partial charge is 0.251 e. The zero-order valence-electron chi connectivity index (χ0n) is 13.6. The minimum Gasteiger partial charge on any atom is -0.378 e. The maximum absolute atomic E-state index is 12.2. The fourth-order valence-corrected chi connectivity index (χ4v) is 3.03. The van der Waals surface area contributed by atoms with Crippen LogP contribution in [0.25, 0.3) is 5.13 Å². The molecule has 0 atom stereocenters. The topological polar surface area (TPSA) is 63.1 Å². The van der Waals surface area contributed by atoms with Gasteiger partial charge in [0.15, 0.2) is 0 Å². The monoisotopic (exact) mass is 341 g/mol. The number of aromatic nitrogens is 3. The summed E-state index contributed by atoms with van der Waals surface area (Å²) in [5.41, 5.74) is 2.62. The molecular weight excluding hydrogens is 322 g/mol. The number of amides is 1. The molecule has 2 heterocycles. The number of carbonyl (C=O) groups is 1. The van der Waals surface area contributed by atoms with Gasteiger partial charge >= 0.3 is 0 Å². The Balaban J connectivity index is 1.55. The molecule has 1 N–H and O–H groups in total. The van der Waals surface area contributed by atoms with Crippen molar-refractivity contribution in [3.8, 4) is 5.13 Å². The van der Waals surface area contributed by atoms with Crippen LogP contribution in [0.5, 0.6) is 0 Å². The molecule has 7 heteroatoms. The lowest BCUT2D eigenvalue weighted by Gasteiger charge is -2.13. The highest BCUT2D eigenvalue weighted by Gasteiger charge is 2.08. The second-order valence-corrected chi connectivity index (χ2v) is 6.36. The van der Waals surface area contributed by atoms with Crippen molar-refractivity contribution >= 4 is 22.9 Å². The van der Waals surface area contributed by atoms with Crippen LogP contribution in [0.4, 0.5) is 5.69 Å². The van der Waals surface area contributed by atoms with E-state index in [0.717, 1.165) is 16.5 Å². The van der Waals surface area contributed by atoms with E-state index in [9.17, 15) is 4.79 Å². The number of carbonyl (C=O) groups excluding carboxylic acids is 1. The Morgan fingerprint density at radius 1 is 1.33 bits per heavy atom. The first-order valence-corrected chi connectivity index (χ1v) is 8.51. The molecule has 0 radical (unpaired) electrons. The lowest BCUT2D eigenvalue weighted by atomic mass is 10.2. The molecule has 1 amide bonds. The highest BCUT2D eigenvalue weighted by molar-refractivity contribution is 7.12. The lowest BCUT2D eigenvalue weighted by molar-refractivity contribution is 0.0954. The number of thiazole rings is 1. The van der Waals surface area contributed by atoms with Crippen molar-refractivity contribution in [3.05, 3.63) is 59.4 Å². The molecule has 6 nitrogen and oxygen atoms in total. The standard InChI is InChI=1S/C17H19N5OS/c1-21(2)15-6-3-5-13(11-15)16(23)18-9-7-14-12-24-17(20-14)22-10-4-8-19-22/h3-6,8,10-12H,7,9H2,1-2H3,(H,18,23). The fourth-order valence-electron chi connectivity index (χ4n) is 2.23. The average molecular weight is 341 g/mol. The molecule has 0 fully saturated rings. The summed E-state index contributed by atoms with van der Waals surface area (Å²) >= 11 is 1.54. The van der Waals surface area contributed by atoms with E-state index in [4.69, 9.17) is 0 Å². The Labute approximate surface area is 144 Å². The van der Waals surface area contributed by atoms with Gasteiger partial charge in [-0.3, -0.25) is 4.79 Å². The van der Waals surface area contributed by atoms with E-state index in [1.54, 1.807) is 10.9 Å². The summed E-state index contributed by atoms with van der Waals surface area (Å²) in [4.78, 5) is 18.7. The summed E-state index contributed by atoms with van der Waals surface area (Å²) < 4.78 is 1.74. The van der Waals surface area contributed by atoms with Gasteiger partial charge in [0.1, 0.15) is 0 Å². The van der Waals surface area contributed by atoms with Gasteiger partial charge < -0.3 is 10.2 Å². The Hall–Kier alpha value is -2.67. The van der Waals surface area contributed by atoms with Crippen LogP contribution >= 0.6 is 11.3 Å². The van der Waals surface area contributed by atoms with E-state index in [1.807, 2.05) is 60.9 Å². The Morgan fingerprint density at radius 3 is 2.96 bits per heavy atom. The summed E-state index contributed by atoms with van der Waals surface area (Å²) in [6.45, 7) is 0.549. The Kier molecular flexibility index (Phi) is 4.90. The van der Waals surface area contributed by atoms with Crippen molar-refractivity contribution in [2.45, 2.75) is 6.42 Å². The average Bonchev–Trinajstić information content (AvgIpc) is 3.26. The second kappa shape index (κ2) is 7.27. The number of anilines is 1. The number of nitrogens with zero attached hydrogens (tertiary/aromatic N) is 4. The Morgan fingerprint density at radius 2 is 2.21 bits per heavy atom. The van der Waals surface area contributed by atoms with Crippen molar-refractivity contribution in [2.24, 2.45) is 0 Å². The van der Waals surface area contributed by atoms with E-state index >= 15 is 0 Å². The van der Waals surface area contributed by atoms with Gasteiger partial charge in [-0.1, -0.05) is 6.07 Å². The summed E-state index contributed by atoms with van der Waals surface area (Å²) in [6.07, 6.45) is 4.28. The van der Waals surface area contributed by atoms with E-state index in [0.29, 0.717) is 18.5 Å². The zero-order valence-corrected chi connectivity index (χ0v) is 14.5. The minimum absolute atomic E-state index is 0.0683. The first kappa shape index (κ1) is 16.2. The summed E-state index contributed by atoms with van der Waals surface area (Å²) in [7, 11) is 3.91. The van der Waals surface area contributed by atoms with Crippen molar-refractivity contribution in [2.75, 3.05) is 25.5 Å². The molecule has 124 valence electrons. The predicted octanol–water partition coefficient (Wildman–Crippen LogP) is 2.37. The number of nitrogens with one attached hydrogen (secondary N) is 1. The minimum atomic E-state index is -0.0683. The van der Waals surface area contributed by atoms with Crippen molar-refractivity contribution in [1.82, 2.24) is 20.1 Å². The maximum atomic E-state index is 12.2. The molecule has 2 aromatic heterocycles. The summed E-state index contributed by atoms with van der Waals surface area (Å²) in [5.74, 6) is -0.0683. The molecule has 0 saturated carbocycles. The molecule has 0 aliphatic carbocycles. The van der Waals surface area contributed by atoms with Crippen LogP contribution in [-0.4, -0.2) is 41.3 Å². The van der Waals surface area contributed by atoms with E-state index in [1.165, 1.54) is 11.3 Å². The van der Waals surface area contributed by atoms with Gasteiger partial charge in [0.2, 0.25) is 5.13 Å². The molecule has 0 saturated heterocycles. The van der Waals surface area contributed by atoms with Gasteiger partial charge in [-0.2, -0.15) is 5.10 Å². The Bertz CT molecular complexity index is 810. The van der Waals surface area contributed by atoms with Crippen molar-refractivity contribution in [1.29, 1.82) is 0 Å². The normalized spacial score (nSPS) is 10.6. The molecule has 1 aromatic carbocycles. The van der Waals surface area contributed by atoms with Crippen LogP contribution in [0.15, 0.2) is 48.1 Å². The van der Waals surface area contributed by atoms with Crippen LogP contribution in [0.2, 0.25) is 0 Å². The van der Waals surface area contributed by atoms with E-state index in [-0.39, 0.29) is 5.91 Å². The van der Waals surface area contributed by atoms with Crippen LogP contribution in [0.3, 0.4) is 0 Å². The number of benzene rings is 1. The SMILES string of the molecule is CN(C)c1cccc(C(=O)NCCc2csc(-n3cccn3)n2)c1. The van der Waals surface area contributed by atoms with Gasteiger partial charge in [0.25, 0.3) is 5.91 Å². The molecule has 0 unspecified atom stereocenters. The highest BCUT2D eigenvalue weighted by atomic mass is 32.1. The highest BCUT2D eigenvalue weighted by Crippen LogP contribution is 2.15. The molecule has 0 aliphatic heterocycles. The maximum Gasteiger partial charge on any atom is 0.251 e. The third-order valence-corrected chi connectivity index (χ3v) is 4.41. The molecule has 0 spiro atoms. The lowest BCUT2D eigenvalue weighted by Crippen LogP contribution is -2.26. The summed E-state index contributed by atoms with van der Waals surface area (Å²) in [6, 6.07) is 9.43. The van der Waals surface area contributed by atoms with Gasteiger partial charge in [-0.15, -0.1) is 11.3 Å². The second-order valence-electron chi connectivity index (χ2n) is 5.52. The molecule has 0 bridgehead atoms. The van der Waals surface area contributed by atoms with E-state index < -0.39 is 0 Å². The largest absolute Gasteiger partial charge is 0.378 e.